The van der Waals surface area contributed by atoms with Crippen molar-refractivity contribution in [3.05, 3.63) is 90.5 Å². The second-order valence-electron chi connectivity index (χ2n) is 5.96. The van der Waals surface area contributed by atoms with Crippen LogP contribution < -0.4 is 0 Å². The van der Waals surface area contributed by atoms with E-state index in [1.807, 2.05) is 0 Å². The van der Waals surface area contributed by atoms with Crippen LogP contribution in [-0.2, 0) is 42.4 Å². The van der Waals surface area contributed by atoms with Crippen molar-refractivity contribution in [3.8, 4) is 0 Å². The van der Waals surface area contributed by atoms with Gasteiger partial charge in [-0.2, -0.15) is 16.8 Å². The van der Waals surface area contributed by atoms with Crippen LogP contribution in [0, 0.1) is 6.92 Å². The molecule has 0 atom stereocenters. The fourth-order valence-corrected chi connectivity index (χ4v) is 4.28. The van der Waals surface area contributed by atoms with E-state index in [2.05, 4.69) is 91.9 Å². The molecule has 194 valence electrons. The zero-order valence-corrected chi connectivity index (χ0v) is 20.9. The van der Waals surface area contributed by atoms with Gasteiger partial charge >= 0.3 is 21.0 Å². The summed E-state index contributed by atoms with van der Waals surface area (Å²) in [7, 11) is -15.8. The van der Waals surface area contributed by atoms with Crippen molar-refractivity contribution < 1.29 is 50.6 Å². The van der Waals surface area contributed by atoms with Gasteiger partial charge in [-0.1, -0.05) is 61.9 Å². The highest BCUT2D eigenvalue weighted by atomic mass is 32.3. The van der Waals surface area contributed by atoms with Gasteiger partial charge in [-0.15, -0.1) is 3.89 Å². The molecular formula is C19H19F3O9S4. The largest absolute Gasteiger partial charge is 0.722 e. The van der Waals surface area contributed by atoms with Crippen LogP contribution in [0.1, 0.15) is 5.56 Å². The molecule has 16 heteroatoms. The second-order valence-corrected chi connectivity index (χ2v) is 10.4. The van der Waals surface area contributed by atoms with E-state index in [-0.39, 0.29) is 10.9 Å². The molecule has 0 spiro atoms. The summed E-state index contributed by atoms with van der Waals surface area (Å²) in [6.45, 7) is 2.13. The fraction of sp³-hybridized carbons (Fsp3) is 0.0526. The molecule has 0 bridgehead atoms. The Labute approximate surface area is 204 Å². The molecule has 2 N–H and O–H groups in total. The summed E-state index contributed by atoms with van der Waals surface area (Å²) < 4.78 is 104. The first kappa shape index (κ1) is 32.5. The van der Waals surface area contributed by atoms with Gasteiger partial charge in [0.25, 0.3) is 10.5 Å². The number of hydrogen-bond donors (Lipinski definition) is 2. The minimum absolute atomic E-state index is 0.0229. The number of aryl methyl sites for hydroxylation is 1. The minimum Gasteiger partial charge on any atom is -0.722 e. The summed E-state index contributed by atoms with van der Waals surface area (Å²) in [4.78, 5) is 4.10. The van der Waals surface area contributed by atoms with Crippen LogP contribution >= 0.6 is 0 Å². The maximum Gasteiger partial charge on any atom is 0.435 e. The lowest BCUT2D eigenvalue weighted by molar-refractivity contribution is 0.416. The predicted molar refractivity (Wildman–Crippen MR) is 122 cm³/mol. The highest BCUT2D eigenvalue weighted by molar-refractivity contribution is 7.97. The highest BCUT2D eigenvalue weighted by Crippen LogP contribution is 2.30. The lowest BCUT2D eigenvalue weighted by atomic mass is 10.2. The van der Waals surface area contributed by atoms with Gasteiger partial charge in [-0.3, -0.25) is 9.11 Å². The Morgan fingerprint density at radius 1 is 0.600 bits per heavy atom. The number of hydrogen-bond acceptors (Lipinski definition) is 7. The molecular weight excluding hydrogens is 557 g/mol. The van der Waals surface area contributed by atoms with Crippen molar-refractivity contribution in [2.24, 2.45) is 0 Å². The quantitative estimate of drug-likeness (QED) is 0.266. The summed E-state index contributed by atoms with van der Waals surface area (Å²) >= 11 is 0. The zero-order chi connectivity index (χ0) is 27.3. The minimum atomic E-state index is -5.42. The molecule has 9 nitrogen and oxygen atoms in total. The summed E-state index contributed by atoms with van der Waals surface area (Å²) in [5.74, 6) is 0. The van der Waals surface area contributed by atoms with Gasteiger partial charge in [0.05, 0.1) is 10.9 Å². The Bertz CT molecular complexity index is 1200. The van der Waals surface area contributed by atoms with Crippen molar-refractivity contribution in [1.29, 1.82) is 0 Å². The van der Waals surface area contributed by atoms with Crippen LogP contribution in [0.25, 0.3) is 0 Å². The molecule has 0 saturated carbocycles. The van der Waals surface area contributed by atoms with E-state index < -0.39 is 31.5 Å². The fourth-order valence-electron chi connectivity index (χ4n) is 2.20. The van der Waals surface area contributed by atoms with E-state index >= 15 is 0 Å². The van der Waals surface area contributed by atoms with Crippen LogP contribution in [0.15, 0.2) is 99.6 Å². The Kier molecular flexibility index (Phi) is 13.8. The van der Waals surface area contributed by atoms with E-state index in [4.69, 9.17) is 38.9 Å². The van der Waals surface area contributed by atoms with Gasteiger partial charge in [0.1, 0.15) is 0 Å². The molecule has 0 radical (unpaired) electrons. The molecule has 0 saturated heterocycles. The summed E-state index contributed by atoms with van der Waals surface area (Å²) in [6, 6.07) is 30.4. The van der Waals surface area contributed by atoms with Crippen LogP contribution in [0.3, 0.4) is 0 Å². The maximum atomic E-state index is 10.2. The van der Waals surface area contributed by atoms with E-state index in [1.54, 1.807) is 0 Å². The van der Waals surface area contributed by atoms with Gasteiger partial charge in [-0.25, -0.2) is 8.42 Å². The predicted octanol–water partition coefficient (Wildman–Crippen LogP) is 4.02. The number of benzene rings is 3. The van der Waals surface area contributed by atoms with Gasteiger partial charge in [-0.05, 0) is 43.3 Å². The molecule has 0 aliphatic carbocycles. The van der Waals surface area contributed by atoms with Crippen molar-refractivity contribution >= 4 is 42.4 Å². The molecule has 0 fully saturated rings. The van der Waals surface area contributed by atoms with Crippen molar-refractivity contribution in [3.63, 3.8) is 0 Å². The van der Waals surface area contributed by atoms with Crippen molar-refractivity contribution in [1.82, 2.24) is 0 Å². The molecule has 3 rings (SSSR count). The SMILES string of the molecule is Cc1ccc([S+](c2ccccc2)c2ccccc2)cc1.O=S(=O)(O)F.O=S(=O)(O)F.O=S(=O)([O-])F. The third kappa shape index (κ3) is 21.8. The van der Waals surface area contributed by atoms with Crippen molar-refractivity contribution in [2.45, 2.75) is 21.6 Å². The molecule has 0 unspecified atom stereocenters. The molecule has 0 amide bonds. The normalized spacial score (nSPS) is 11.1. The topological polar surface area (TPSA) is 166 Å². The first-order valence-electron chi connectivity index (χ1n) is 8.75. The van der Waals surface area contributed by atoms with Gasteiger partial charge in [0, 0.05) is 0 Å². The second kappa shape index (κ2) is 14.8. The Morgan fingerprint density at radius 3 is 1.09 bits per heavy atom. The Balaban J connectivity index is 0.000000635. The first-order chi connectivity index (χ1) is 15.8. The summed E-state index contributed by atoms with van der Waals surface area (Å²) in [5, 5.41) is 0. The average molecular weight is 577 g/mol. The number of halogens is 3. The van der Waals surface area contributed by atoms with Crippen LogP contribution in [0.4, 0.5) is 11.7 Å². The van der Waals surface area contributed by atoms with Gasteiger partial charge in [0.2, 0.25) is 0 Å². The Hall–Kier alpha value is -2.47. The van der Waals surface area contributed by atoms with E-state index in [1.165, 1.54) is 20.2 Å². The van der Waals surface area contributed by atoms with Crippen LogP contribution in [-0.4, -0.2) is 38.9 Å². The van der Waals surface area contributed by atoms with Crippen molar-refractivity contribution in [2.75, 3.05) is 0 Å². The molecule has 0 heterocycles. The lowest BCUT2D eigenvalue weighted by Gasteiger charge is -2.07. The standard InChI is InChI=1S/C19H17S.3FHO3S/c1-16-12-14-19(15-13-16)20(17-8-4-2-5-9-17)18-10-6-3-7-11-18;3*1-5(2,3)4/h2-15H,1H3;3*(H,2,3,4)/q+1;;;/p-1. The average Bonchev–Trinajstić information content (AvgIpc) is 2.68. The molecule has 0 aliphatic rings. The molecule has 0 aromatic heterocycles. The highest BCUT2D eigenvalue weighted by Gasteiger charge is 2.27. The first-order valence-corrected chi connectivity index (χ1v) is 14.0. The number of rotatable bonds is 3. The van der Waals surface area contributed by atoms with Gasteiger partial charge in [0.15, 0.2) is 14.7 Å². The lowest BCUT2D eigenvalue weighted by Crippen LogP contribution is -2.04. The van der Waals surface area contributed by atoms with Crippen LogP contribution in [0.2, 0.25) is 0 Å². The third-order valence-electron chi connectivity index (χ3n) is 3.21. The smallest absolute Gasteiger partial charge is 0.435 e. The van der Waals surface area contributed by atoms with E-state index in [0.29, 0.717) is 0 Å². The molecule has 35 heavy (non-hydrogen) atoms. The third-order valence-corrected chi connectivity index (χ3v) is 5.45. The summed E-state index contributed by atoms with van der Waals surface area (Å²) in [5.41, 5.74) is 1.30. The monoisotopic (exact) mass is 576 g/mol. The summed E-state index contributed by atoms with van der Waals surface area (Å²) in [6.07, 6.45) is 0. The molecule has 3 aromatic carbocycles. The zero-order valence-electron chi connectivity index (χ0n) is 17.6. The molecule has 0 aliphatic heterocycles. The van der Waals surface area contributed by atoms with E-state index in [0.717, 1.165) is 0 Å². The van der Waals surface area contributed by atoms with Crippen LogP contribution in [0.5, 0.6) is 0 Å². The Morgan fingerprint density at radius 2 is 0.829 bits per heavy atom. The molecule has 3 aromatic rings. The van der Waals surface area contributed by atoms with E-state index in [9.17, 15) is 11.7 Å². The maximum absolute atomic E-state index is 10.2. The van der Waals surface area contributed by atoms with Gasteiger partial charge < -0.3 is 4.55 Å².